The van der Waals surface area contributed by atoms with Crippen molar-refractivity contribution >= 4 is 0 Å². The van der Waals surface area contributed by atoms with E-state index in [1.54, 1.807) is 0 Å². The van der Waals surface area contributed by atoms with Crippen LogP contribution < -0.4 is 0 Å². The maximum absolute atomic E-state index is 2.43. The van der Waals surface area contributed by atoms with Gasteiger partial charge in [-0.2, -0.15) is 0 Å². The fraction of sp³-hybridized carbons (Fsp3) is 1.00. The monoisotopic (exact) mass is 156 g/mol. The highest BCUT2D eigenvalue weighted by Crippen LogP contribution is 2.21. The van der Waals surface area contributed by atoms with Crippen molar-refractivity contribution in [2.75, 3.05) is 34.2 Å². The van der Waals surface area contributed by atoms with Crippen LogP contribution >= 0.6 is 0 Å². The first kappa shape index (κ1) is 9.01. The largest absolute Gasteiger partial charge is 0.305 e. The summed E-state index contributed by atoms with van der Waals surface area (Å²) in [5.74, 6) is 0.884. The Morgan fingerprint density at radius 1 is 1.36 bits per heavy atom. The first-order chi connectivity index (χ1) is 5.15. The molecule has 2 heteroatoms. The van der Waals surface area contributed by atoms with Crippen molar-refractivity contribution in [3.63, 3.8) is 0 Å². The van der Waals surface area contributed by atoms with Gasteiger partial charge in [0.15, 0.2) is 0 Å². The number of rotatable bonds is 2. The third-order valence-electron chi connectivity index (χ3n) is 2.78. The molecule has 1 rings (SSSR count). The molecule has 0 amide bonds. The summed E-state index contributed by atoms with van der Waals surface area (Å²) in [6.45, 7) is 4.81. The number of hydrogen-bond acceptors (Lipinski definition) is 2. The van der Waals surface area contributed by atoms with Crippen LogP contribution in [0.4, 0.5) is 0 Å². The average Bonchev–Trinajstić information content (AvgIpc) is 2.30. The standard InChI is InChI=1S/C9H20N2/c1-5-8-6-11(4)7-9(8)10(2)3/h8-9H,5-7H2,1-4H3. The van der Waals surface area contributed by atoms with E-state index < -0.39 is 0 Å². The molecule has 0 saturated carbocycles. The Bertz CT molecular complexity index is 123. The summed E-state index contributed by atoms with van der Waals surface area (Å²) >= 11 is 0. The van der Waals surface area contributed by atoms with Crippen LogP contribution in [0.5, 0.6) is 0 Å². The third-order valence-corrected chi connectivity index (χ3v) is 2.78. The average molecular weight is 156 g/mol. The highest BCUT2D eigenvalue weighted by Gasteiger charge is 2.30. The predicted molar refractivity (Wildman–Crippen MR) is 48.8 cm³/mol. The quantitative estimate of drug-likeness (QED) is 0.586. The molecule has 11 heavy (non-hydrogen) atoms. The molecule has 1 aliphatic heterocycles. The van der Waals surface area contributed by atoms with Crippen LogP contribution in [-0.2, 0) is 0 Å². The van der Waals surface area contributed by atoms with Crippen molar-refractivity contribution in [1.29, 1.82) is 0 Å². The third kappa shape index (κ3) is 1.94. The van der Waals surface area contributed by atoms with Gasteiger partial charge in [0.25, 0.3) is 0 Å². The smallest absolute Gasteiger partial charge is 0.0257 e. The minimum atomic E-state index is 0.782. The van der Waals surface area contributed by atoms with Gasteiger partial charge >= 0.3 is 0 Å². The Morgan fingerprint density at radius 2 is 2.00 bits per heavy atom. The van der Waals surface area contributed by atoms with Crippen molar-refractivity contribution in [2.24, 2.45) is 5.92 Å². The molecule has 1 fully saturated rings. The molecule has 66 valence electrons. The van der Waals surface area contributed by atoms with Crippen molar-refractivity contribution in [1.82, 2.24) is 9.80 Å². The van der Waals surface area contributed by atoms with Gasteiger partial charge in [0.2, 0.25) is 0 Å². The second-order valence-electron chi connectivity index (χ2n) is 3.92. The van der Waals surface area contributed by atoms with Crippen LogP contribution in [0.25, 0.3) is 0 Å². The van der Waals surface area contributed by atoms with Crippen LogP contribution in [0.1, 0.15) is 13.3 Å². The summed E-state index contributed by atoms with van der Waals surface area (Å²) in [6, 6.07) is 0.782. The SMILES string of the molecule is CCC1CN(C)CC1N(C)C. The molecule has 0 aromatic rings. The Kier molecular flexibility index (Phi) is 2.90. The Labute approximate surface area is 70.2 Å². The molecule has 2 nitrogen and oxygen atoms in total. The minimum absolute atomic E-state index is 0.782. The van der Waals surface area contributed by atoms with Gasteiger partial charge in [-0.1, -0.05) is 13.3 Å². The molecule has 2 atom stereocenters. The molecule has 0 aliphatic carbocycles. The Balaban J connectivity index is 2.50. The van der Waals surface area contributed by atoms with Crippen molar-refractivity contribution < 1.29 is 0 Å². The van der Waals surface area contributed by atoms with Gasteiger partial charge in [0.05, 0.1) is 0 Å². The topological polar surface area (TPSA) is 6.48 Å². The lowest BCUT2D eigenvalue weighted by Crippen LogP contribution is -2.34. The lowest BCUT2D eigenvalue weighted by molar-refractivity contribution is 0.247. The molecule has 2 unspecified atom stereocenters. The summed E-state index contributed by atoms with van der Waals surface area (Å²) in [6.07, 6.45) is 1.31. The van der Waals surface area contributed by atoms with Gasteiger partial charge in [-0.05, 0) is 27.1 Å². The summed E-state index contributed by atoms with van der Waals surface area (Å²) in [5, 5.41) is 0. The van der Waals surface area contributed by atoms with E-state index in [9.17, 15) is 0 Å². The fourth-order valence-corrected chi connectivity index (χ4v) is 2.05. The summed E-state index contributed by atoms with van der Waals surface area (Å²) < 4.78 is 0. The van der Waals surface area contributed by atoms with Crippen LogP contribution in [0.15, 0.2) is 0 Å². The normalized spacial score (nSPS) is 33.5. The van der Waals surface area contributed by atoms with Crippen molar-refractivity contribution in [2.45, 2.75) is 19.4 Å². The molecular formula is C9H20N2. The zero-order valence-electron chi connectivity index (χ0n) is 8.17. The molecule has 0 N–H and O–H groups in total. The zero-order chi connectivity index (χ0) is 8.43. The lowest BCUT2D eigenvalue weighted by Gasteiger charge is -2.23. The van der Waals surface area contributed by atoms with E-state index in [0.29, 0.717) is 0 Å². The van der Waals surface area contributed by atoms with E-state index in [2.05, 4.69) is 37.9 Å². The van der Waals surface area contributed by atoms with Crippen LogP contribution in [0, 0.1) is 5.92 Å². The highest BCUT2D eigenvalue weighted by atomic mass is 15.2. The molecule has 0 bridgehead atoms. The summed E-state index contributed by atoms with van der Waals surface area (Å²) in [4.78, 5) is 4.79. The molecule has 1 heterocycles. The van der Waals surface area contributed by atoms with Gasteiger partial charge in [-0.3, -0.25) is 0 Å². The van der Waals surface area contributed by atoms with E-state index in [0.717, 1.165) is 12.0 Å². The van der Waals surface area contributed by atoms with E-state index in [1.165, 1.54) is 19.5 Å². The molecular weight excluding hydrogens is 136 g/mol. The second-order valence-corrected chi connectivity index (χ2v) is 3.92. The number of nitrogens with zero attached hydrogens (tertiary/aromatic N) is 2. The van der Waals surface area contributed by atoms with Crippen LogP contribution in [0.2, 0.25) is 0 Å². The first-order valence-corrected chi connectivity index (χ1v) is 4.50. The van der Waals surface area contributed by atoms with Gasteiger partial charge < -0.3 is 9.80 Å². The maximum atomic E-state index is 2.43. The first-order valence-electron chi connectivity index (χ1n) is 4.50. The van der Waals surface area contributed by atoms with Crippen molar-refractivity contribution in [3.8, 4) is 0 Å². The van der Waals surface area contributed by atoms with Crippen LogP contribution in [-0.4, -0.2) is 50.1 Å². The predicted octanol–water partition coefficient (Wildman–Crippen LogP) is 0.888. The van der Waals surface area contributed by atoms with Crippen LogP contribution in [0.3, 0.4) is 0 Å². The Morgan fingerprint density at radius 3 is 2.36 bits per heavy atom. The number of likely N-dealkylation sites (N-methyl/N-ethyl adjacent to an activating group) is 2. The maximum Gasteiger partial charge on any atom is 0.0257 e. The molecule has 0 spiro atoms. The van der Waals surface area contributed by atoms with Gasteiger partial charge in [-0.15, -0.1) is 0 Å². The van der Waals surface area contributed by atoms with Gasteiger partial charge in [0, 0.05) is 19.1 Å². The fourth-order valence-electron chi connectivity index (χ4n) is 2.05. The molecule has 1 saturated heterocycles. The second kappa shape index (κ2) is 3.55. The lowest BCUT2D eigenvalue weighted by atomic mass is 10.0. The number of likely N-dealkylation sites (tertiary alicyclic amines) is 1. The zero-order valence-corrected chi connectivity index (χ0v) is 8.17. The Hall–Kier alpha value is -0.0800. The molecule has 0 aromatic heterocycles. The highest BCUT2D eigenvalue weighted by molar-refractivity contribution is 4.86. The van der Waals surface area contributed by atoms with E-state index in [-0.39, 0.29) is 0 Å². The van der Waals surface area contributed by atoms with E-state index in [1.807, 2.05) is 0 Å². The summed E-state index contributed by atoms with van der Waals surface area (Å²) in [5.41, 5.74) is 0. The molecule has 1 aliphatic rings. The van der Waals surface area contributed by atoms with Gasteiger partial charge in [0.1, 0.15) is 0 Å². The molecule has 0 aromatic carbocycles. The van der Waals surface area contributed by atoms with E-state index in [4.69, 9.17) is 0 Å². The minimum Gasteiger partial charge on any atom is -0.305 e. The molecule has 0 radical (unpaired) electrons. The van der Waals surface area contributed by atoms with Gasteiger partial charge in [-0.25, -0.2) is 0 Å². The summed E-state index contributed by atoms with van der Waals surface area (Å²) in [7, 11) is 6.59. The number of hydrogen-bond donors (Lipinski definition) is 0. The van der Waals surface area contributed by atoms with E-state index >= 15 is 0 Å². The van der Waals surface area contributed by atoms with Crippen molar-refractivity contribution in [3.05, 3.63) is 0 Å².